The van der Waals surface area contributed by atoms with Crippen molar-refractivity contribution in [1.29, 1.82) is 0 Å². The number of carbonyl (C=O) groups is 5. The minimum absolute atomic E-state index is 0.0361. The predicted octanol–water partition coefficient (Wildman–Crippen LogP) is 4.26. The molecule has 1 saturated heterocycles. The minimum atomic E-state index is -1.67. The number of esters is 1. The molecule has 1 aromatic carbocycles. The number of likely N-dealkylation sites (tertiary alicyclic amines) is 1. The molecule has 0 saturated carbocycles. The van der Waals surface area contributed by atoms with Crippen LogP contribution >= 0.6 is 22.6 Å². The van der Waals surface area contributed by atoms with Crippen molar-refractivity contribution < 1.29 is 33.8 Å². The summed E-state index contributed by atoms with van der Waals surface area (Å²) in [6, 6.07) is 10.4. The van der Waals surface area contributed by atoms with E-state index in [0.29, 0.717) is 57.8 Å². The number of halogens is 1. The van der Waals surface area contributed by atoms with Gasteiger partial charge in [0, 0.05) is 47.0 Å². The fourth-order valence-corrected chi connectivity index (χ4v) is 6.34. The molecule has 1 unspecified atom stereocenters. The van der Waals surface area contributed by atoms with Gasteiger partial charge in [-0.1, -0.05) is 24.8 Å². The predicted molar refractivity (Wildman–Crippen MR) is 167 cm³/mol. The minimum Gasteiger partial charge on any atom is -0.548 e. The van der Waals surface area contributed by atoms with Gasteiger partial charge in [0.05, 0.1) is 18.1 Å². The molecule has 0 N–H and O–H groups in total. The van der Waals surface area contributed by atoms with Gasteiger partial charge in [0.1, 0.15) is 5.78 Å². The van der Waals surface area contributed by atoms with E-state index in [2.05, 4.69) is 34.2 Å². The molecule has 2 atom stereocenters. The number of aliphatic carboxylic acids is 1. The van der Waals surface area contributed by atoms with E-state index in [1.165, 1.54) is 4.90 Å². The third kappa shape index (κ3) is 9.54. The third-order valence-corrected chi connectivity index (χ3v) is 8.67. The highest BCUT2D eigenvalue weighted by atomic mass is 127. The number of benzene rings is 1. The van der Waals surface area contributed by atoms with Crippen LogP contribution in [0.15, 0.2) is 61.4 Å². The van der Waals surface area contributed by atoms with Crippen molar-refractivity contribution in [1.82, 2.24) is 9.88 Å². The van der Waals surface area contributed by atoms with Gasteiger partial charge in [0.25, 0.3) is 5.91 Å². The molecule has 0 radical (unpaired) electrons. The number of carboxylic acids is 1. The summed E-state index contributed by atoms with van der Waals surface area (Å²) < 4.78 is 5.73. The average Bonchev–Trinajstić information content (AvgIpc) is 3.01. The van der Waals surface area contributed by atoms with E-state index in [1.807, 2.05) is 18.2 Å². The first-order valence-electron chi connectivity index (χ1n) is 14.7. The molecule has 9 nitrogen and oxygen atoms in total. The molecule has 2 aromatic rings. The van der Waals surface area contributed by atoms with Gasteiger partial charge in [-0.15, -0.1) is 0 Å². The molecule has 3 rings (SSSR count). The Labute approximate surface area is 266 Å². The zero-order valence-corrected chi connectivity index (χ0v) is 26.5. The summed E-state index contributed by atoms with van der Waals surface area (Å²) in [6.07, 6.45) is 9.27. The zero-order valence-electron chi connectivity index (χ0n) is 24.3. The van der Waals surface area contributed by atoms with Gasteiger partial charge in [0.2, 0.25) is 5.78 Å². The number of pyridine rings is 1. The summed E-state index contributed by atoms with van der Waals surface area (Å²) in [4.78, 5) is 69.3. The third-order valence-electron chi connectivity index (χ3n) is 8.00. The Morgan fingerprint density at radius 3 is 2.56 bits per heavy atom. The summed E-state index contributed by atoms with van der Waals surface area (Å²) >= 11 is 2.06. The second kappa shape index (κ2) is 17.0. The van der Waals surface area contributed by atoms with Gasteiger partial charge in [-0.3, -0.25) is 19.4 Å². The highest BCUT2D eigenvalue weighted by Gasteiger charge is 2.49. The first-order chi connectivity index (χ1) is 20.7. The Balaban J connectivity index is 1.78. The molecule has 0 bridgehead atoms. The zero-order chi connectivity index (χ0) is 31.2. The lowest BCUT2D eigenvalue weighted by Crippen LogP contribution is -2.68. The summed E-state index contributed by atoms with van der Waals surface area (Å²) in [5.41, 5.74) is -0.530. The van der Waals surface area contributed by atoms with Crippen LogP contribution in [0, 0.1) is 9.49 Å². The molecule has 1 aromatic heterocycles. The molecule has 1 fully saturated rings. The van der Waals surface area contributed by atoms with Gasteiger partial charge in [-0.2, -0.15) is 0 Å². The quantitative estimate of drug-likeness (QED) is 0.0597. The summed E-state index contributed by atoms with van der Waals surface area (Å²) in [5, 5.41) is 13.1. The maximum Gasteiger partial charge on any atom is 0.330 e. The van der Waals surface area contributed by atoms with Crippen molar-refractivity contribution in [2.45, 2.75) is 76.2 Å². The van der Waals surface area contributed by atoms with Crippen LogP contribution in [0.4, 0.5) is 0 Å². The van der Waals surface area contributed by atoms with Gasteiger partial charge < -0.3 is 19.5 Å². The molecule has 0 aliphatic carbocycles. The number of hydrogen-bond acceptors (Lipinski definition) is 8. The van der Waals surface area contributed by atoms with Crippen LogP contribution in [0.3, 0.4) is 0 Å². The van der Waals surface area contributed by atoms with Crippen LogP contribution in [0.5, 0.6) is 0 Å². The number of ether oxygens (including phenoxy) is 1. The second-order valence-corrected chi connectivity index (χ2v) is 12.1. The number of ketones is 2. The Morgan fingerprint density at radius 2 is 1.86 bits per heavy atom. The number of Topliss-reactive ketones (excluding diaryl/α,β-unsaturated/α-hetero) is 2. The van der Waals surface area contributed by atoms with Crippen molar-refractivity contribution in [3.63, 3.8) is 0 Å². The number of amides is 1. The standard InChI is InChI=1S/C33H39IN2O7/c1-2-29(38)43-21-6-3-14-28(37)15-8-12-26(17-16-24-10-9-19-35-23-24)33(32(41)42)18-4-5-20-36(33)31(40)30(39)25-11-7-13-27(34)22-25/h2,7,9-11,13,19,22-23,26H,1,3-6,8,12,14-18,20-21H2,(H,41,42)/p-1/t26?,33-/m0/s1. The normalized spacial score (nSPS) is 17.1. The Hall–Kier alpha value is -3.41. The fraction of sp³-hybridized carbons (Fsp3) is 0.455. The van der Waals surface area contributed by atoms with E-state index < -0.39 is 35.1 Å². The number of aromatic nitrogens is 1. The molecule has 2 heterocycles. The van der Waals surface area contributed by atoms with Gasteiger partial charge in [-0.05, 0) is 110 Å². The van der Waals surface area contributed by atoms with Crippen LogP contribution < -0.4 is 5.11 Å². The van der Waals surface area contributed by atoms with Crippen molar-refractivity contribution in [3.05, 3.63) is 76.1 Å². The second-order valence-electron chi connectivity index (χ2n) is 10.8. The topological polar surface area (TPSA) is 134 Å². The van der Waals surface area contributed by atoms with E-state index in [9.17, 15) is 29.1 Å². The number of carbonyl (C=O) groups excluding carboxylic acids is 5. The summed E-state index contributed by atoms with van der Waals surface area (Å²) in [6.45, 7) is 3.70. The van der Waals surface area contributed by atoms with Crippen LogP contribution in [-0.4, -0.2) is 58.0 Å². The SMILES string of the molecule is C=CC(=O)OCCCCC(=O)CCCC(CCc1cccnc1)[C@]1(C(=O)[O-])CCCCN1C(=O)C(=O)c1cccc(I)c1. The maximum atomic E-state index is 13.7. The van der Waals surface area contributed by atoms with Crippen LogP contribution in [-0.2, 0) is 30.3 Å². The van der Waals surface area contributed by atoms with E-state index in [1.54, 1.807) is 30.6 Å². The van der Waals surface area contributed by atoms with Crippen LogP contribution in [0.1, 0.15) is 80.1 Å². The molecule has 1 aliphatic rings. The van der Waals surface area contributed by atoms with Crippen molar-refractivity contribution >= 4 is 52.0 Å². The fourth-order valence-electron chi connectivity index (χ4n) is 5.80. The van der Waals surface area contributed by atoms with Crippen molar-refractivity contribution in [3.8, 4) is 0 Å². The molecule has 10 heteroatoms. The average molecular weight is 702 g/mol. The lowest BCUT2D eigenvalue weighted by atomic mass is 9.71. The summed E-state index contributed by atoms with van der Waals surface area (Å²) in [5.74, 6) is -3.96. The Kier molecular flexibility index (Phi) is 13.5. The molecule has 230 valence electrons. The molecule has 1 aliphatic heterocycles. The largest absolute Gasteiger partial charge is 0.548 e. The van der Waals surface area contributed by atoms with E-state index in [4.69, 9.17) is 4.74 Å². The van der Waals surface area contributed by atoms with Gasteiger partial charge in [-0.25, -0.2) is 4.79 Å². The van der Waals surface area contributed by atoms with Gasteiger partial charge >= 0.3 is 5.97 Å². The van der Waals surface area contributed by atoms with Crippen molar-refractivity contribution in [2.75, 3.05) is 13.2 Å². The number of hydrogen-bond donors (Lipinski definition) is 0. The van der Waals surface area contributed by atoms with Crippen LogP contribution in [0.25, 0.3) is 0 Å². The first-order valence-corrected chi connectivity index (χ1v) is 15.8. The monoisotopic (exact) mass is 701 g/mol. The molecule has 43 heavy (non-hydrogen) atoms. The molecular formula is C33H38IN2O7-. The highest BCUT2D eigenvalue weighted by molar-refractivity contribution is 14.1. The smallest absolute Gasteiger partial charge is 0.330 e. The number of unbranched alkanes of at least 4 members (excludes halogenated alkanes) is 1. The number of rotatable bonds is 17. The van der Waals surface area contributed by atoms with E-state index in [0.717, 1.165) is 15.2 Å². The lowest BCUT2D eigenvalue weighted by Gasteiger charge is -2.52. The van der Waals surface area contributed by atoms with Gasteiger partial charge in [0.15, 0.2) is 0 Å². The number of nitrogens with zero attached hydrogens (tertiary/aromatic N) is 2. The number of piperidine rings is 1. The van der Waals surface area contributed by atoms with Crippen molar-refractivity contribution in [2.24, 2.45) is 5.92 Å². The molecular weight excluding hydrogens is 663 g/mol. The van der Waals surface area contributed by atoms with Crippen LogP contribution in [0.2, 0.25) is 0 Å². The number of aryl methyl sites for hydroxylation is 1. The Morgan fingerprint density at radius 1 is 1.07 bits per heavy atom. The number of carboxylic acid groups (broad SMARTS) is 1. The molecule has 1 amide bonds. The Bertz CT molecular complexity index is 1300. The molecule has 0 spiro atoms. The summed E-state index contributed by atoms with van der Waals surface area (Å²) in [7, 11) is 0. The lowest BCUT2D eigenvalue weighted by molar-refractivity contribution is -0.323. The van der Waals surface area contributed by atoms with E-state index >= 15 is 0 Å². The first kappa shape index (κ1) is 34.1. The maximum absolute atomic E-state index is 13.7. The highest BCUT2D eigenvalue weighted by Crippen LogP contribution is 2.40. The van der Waals surface area contributed by atoms with E-state index in [-0.39, 0.29) is 37.3 Å².